The zero-order chi connectivity index (χ0) is 17.6. The quantitative estimate of drug-likeness (QED) is 0.847. The van der Waals surface area contributed by atoms with E-state index < -0.39 is 23.7 Å². The Bertz CT molecular complexity index is 602. The van der Waals surface area contributed by atoms with Crippen LogP contribution in [0.3, 0.4) is 0 Å². The maximum atomic E-state index is 14.0. The zero-order valence-electron chi connectivity index (χ0n) is 14.0. The molecule has 0 aliphatic carbocycles. The van der Waals surface area contributed by atoms with E-state index in [0.29, 0.717) is 24.8 Å². The van der Waals surface area contributed by atoms with Crippen LogP contribution in [0.4, 0.5) is 4.39 Å². The molecule has 126 valence electrons. The average molecular weight is 322 g/mol. The average Bonchev–Trinajstić information content (AvgIpc) is 2.83. The van der Waals surface area contributed by atoms with Crippen LogP contribution in [0.15, 0.2) is 12.1 Å². The van der Waals surface area contributed by atoms with Gasteiger partial charge in [-0.05, 0) is 30.5 Å². The number of rotatable bonds is 5. The molecular formula is C17H23FN2O3. The van der Waals surface area contributed by atoms with Gasteiger partial charge in [0.15, 0.2) is 0 Å². The van der Waals surface area contributed by atoms with Gasteiger partial charge in [0, 0.05) is 6.54 Å². The summed E-state index contributed by atoms with van der Waals surface area (Å²) in [5.74, 6) is -1.60. The van der Waals surface area contributed by atoms with Crippen molar-refractivity contribution < 1.29 is 18.8 Å². The van der Waals surface area contributed by atoms with Crippen LogP contribution >= 0.6 is 0 Å². The summed E-state index contributed by atoms with van der Waals surface area (Å²) in [5, 5.41) is 2.07. The summed E-state index contributed by atoms with van der Waals surface area (Å²) in [6.45, 7) is 7.81. The molecule has 1 N–H and O–H groups in total. The highest BCUT2D eigenvalue weighted by Crippen LogP contribution is 2.29. The van der Waals surface area contributed by atoms with Gasteiger partial charge in [-0.1, -0.05) is 33.3 Å². The van der Waals surface area contributed by atoms with Crippen molar-refractivity contribution in [2.75, 3.05) is 0 Å². The molecule has 1 atom stereocenters. The molecular weight excluding hydrogens is 299 g/mol. The van der Waals surface area contributed by atoms with Gasteiger partial charge in [0.1, 0.15) is 11.9 Å². The second kappa shape index (κ2) is 8.41. The second-order valence-electron chi connectivity index (χ2n) is 5.14. The molecule has 0 aromatic heterocycles. The van der Waals surface area contributed by atoms with Crippen molar-refractivity contribution >= 4 is 18.2 Å². The lowest BCUT2D eigenvalue weighted by atomic mass is 10.1. The van der Waals surface area contributed by atoms with E-state index in [1.165, 1.54) is 11.0 Å². The Morgan fingerprint density at radius 3 is 2.65 bits per heavy atom. The number of hydrogen-bond acceptors (Lipinski definition) is 3. The van der Waals surface area contributed by atoms with Crippen molar-refractivity contribution in [3.05, 3.63) is 34.6 Å². The molecule has 0 bridgehead atoms. The van der Waals surface area contributed by atoms with Crippen molar-refractivity contribution in [2.45, 2.75) is 53.1 Å². The van der Waals surface area contributed by atoms with E-state index in [1.807, 2.05) is 20.8 Å². The van der Waals surface area contributed by atoms with Crippen LogP contribution in [-0.4, -0.2) is 29.2 Å². The molecule has 0 saturated heterocycles. The molecule has 1 aliphatic heterocycles. The lowest BCUT2D eigenvalue weighted by Gasteiger charge is -2.25. The van der Waals surface area contributed by atoms with E-state index in [1.54, 1.807) is 13.0 Å². The number of carbonyl (C=O) groups is 3. The standard InChI is InChI=1S/C15H17FN2O3.C2H6/c1-3-4-12(14(20)17-8-19)18-7-10-5-9(2)6-11(16)13(10)15(18)21;1-2/h5-6,8,12H,3-4,7H2,1-2H3,(H,17,19,20);1-2H3. The molecule has 1 aromatic rings. The number of nitrogens with one attached hydrogen (secondary N) is 1. The summed E-state index contributed by atoms with van der Waals surface area (Å²) in [6.07, 6.45) is 1.38. The number of benzene rings is 1. The maximum Gasteiger partial charge on any atom is 0.258 e. The molecule has 5 nitrogen and oxygen atoms in total. The number of fused-ring (bicyclic) bond motifs is 1. The summed E-state index contributed by atoms with van der Waals surface area (Å²) in [6, 6.07) is 2.29. The highest BCUT2D eigenvalue weighted by molar-refractivity contribution is 6.02. The summed E-state index contributed by atoms with van der Waals surface area (Å²) in [7, 11) is 0. The summed E-state index contributed by atoms with van der Waals surface area (Å²) in [4.78, 5) is 36.1. The molecule has 1 aromatic carbocycles. The minimum atomic E-state index is -0.764. The number of carbonyl (C=O) groups excluding carboxylic acids is 3. The van der Waals surface area contributed by atoms with Crippen LogP contribution in [-0.2, 0) is 16.1 Å². The first-order chi connectivity index (χ1) is 11.0. The predicted molar refractivity (Wildman–Crippen MR) is 85.3 cm³/mol. The molecule has 23 heavy (non-hydrogen) atoms. The Labute approximate surface area is 135 Å². The van der Waals surface area contributed by atoms with Gasteiger partial charge >= 0.3 is 0 Å². The fraction of sp³-hybridized carbons (Fsp3) is 0.471. The third-order valence-electron chi connectivity index (χ3n) is 3.57. The Balaban J connectivity index is 0.00000127. The fourth-order valence-corrected chi connectivity index (χ4v) is 2.69. The van der Waals surface area contributed by atoms with Crippen LogP contribution in [0.2, 0.25) is 0 Å². The minimum absolute atomic E-state index is 0.0283. The third kappa shape index (κ3) is 3.94. The first-order valence-electron chi connectivity index (χ1n) is 7.83. The van der Waals surface area contributed by atoms with Crippen LogP contribution in [0.25, 0.3) is 0 Å². The number of amides is 3. The van der Waals surface area contributed by atoms with Gasteiger partial charge in [-0.2, -0.15) is 0 Å². The normalized spacial score (nSPS) is 13.8. The van der Waals surface area contributed by atoms with Gasteiger partial charge in [0.25, 0.3) is 5.91 Å². The van der Waals surface area contributed by atoms with Crippen LogP contribution in [0.1, 0.15) is 55.1 Å². The van der Waals surface area contributed by atoms with E-state index >= 15 is 0 Å². The highest BCUT2D eigenvalue weighted by Gasteiger charge is 2.37. The molecule has 0 spiro atoms. The van der Waals surface area contributed by atoms with E-state index in [-0.39, 0.29) is 12.1 Å². The fourth-order valence-electron chi connectivity index (χ4n) is 2.69. The highest BCUT2D eigenvalue weighted by atomic mass is 19.1. The first kappa shape index (κ1) is 18.8. The van der Waals surface area contributed by atoms with Crippen LogP contribution < -0.4 is 5.32 Å². The molecule has 0 radical (unpaired) electrons. The topological polar surface area (TPSA) is 66.5 Å². The number of imide groups is 1. The number of halogens is 1. The molecule has 0 fully saturated rings. The predicted octanol–water partition coefficient (Wildman–Crippen LogP) is 2.56. The Kier molecular flexibility index (Phi) is 6.88. The number of nitrogens with zero attached hydrogens (tertiary/aromatic N) is 1. The maximum absolute atomic E-state index is 14.0. The van der Waals surface area contributed by atoms with Gasteiger partial charge in [-0.3, -0.25) is 19.7 Å². The summed E-state index contributed by atoms with van der Waals surface area (Å²) < 4.78 is 14.0. The molecule has 1 aliphatic rings. The smallest absolute Gasteiger partial charge is 0.258 e. The Hall–Kier alpha value is -2.24. The zero-order valence-corrected chi connectivity index (χ0v) is 14.0. The van der Waals surface area contributed by atoms with Crippen molar-refractivity contribution in [3.63, 3.8) is 0 Å². The molecule has 1 heterocycles. The van der Waals surface area contributed by atoms with E-state index in [4.69, 9.17) is 0 Å². The van der Waals surface area contributed by atoms with E-state index in [9.17, 15) is 18.8 Å². The van der Waals surface area contributed by atoms with Crippen molar-refractivity contribution in [1.82, 2.24) is 10.2 Å². The Morgan fingerprint density at radius 1 is 1.43 bits per heavy atom. The minimum Gasteiger partial charge on any atom is -0.322 e. The lowest BCUT2D eigenvalue weighted by molar-refractivity contribution is -0.129. The van der Waals surface area contributed by atoms with Crippen LogP contribution in [0.5, 0.6) is 0 Å². The van der Waals surface area contributed by atoms with Crippen molar-refractivity contribution in [1.29, 1.82) is 0 Å². The van der Waals surface area contributed by atoms with E-state index in [0.717, 1.165) is 5.56 Å². The van der Waals surface area contributed by atoms with Crippen molar-refractivity contribution in [3.8, 4) is 0 Å². The summed E-state index contributed by atoms with van der Waals surface area (Å²) in [5.41, 5.74) is 1.34. The van der Waals surface area contributed by atoms with Gasteiger partial charge in [-0.15, -0.1) is 0 Å². The van der Waals surface area contributed by atoms with E-state index in [2.05, 4.69) is 5.32 Å². The van der Waals surface area contributed by atoms with Gasteiger partial charge in [-0.25, -0.2) is 4.39 Å². The molecule has 2 rings (SSSR count). The molecule has 6 heteroatoms. The molecule has 0 saturated carbocycles. The largest absolute Gasteiger partial charge is 0.322 e. The van der Waals surface area contributed by atoms with Gasteiger partial charge in [0.05, 0.1) is 5.56 Å². The van der Waals surface area contributed by atoms with Crippen LogP contribution in [0, 0.1) is 12.7 Å². The number of hydrogen-bond donors (Lipinski definition) is 1. The van der Waals surface area contributed by atoms with Gasteiger partial charge < -0.3 is 4.90 Å². The SMILES string of the molecule is CC.CCCC(C(=O)NC=O)N1Cc2cc(C)cc(F)c2C1=O. The monoisotopic (exact) mass is 322 g/mol. The second-order valence-corrected chi connectivity index (χ2v) is 5.14. The summed E-state index contributed by atoms with van der Waals surface area (Å²) >= 11 is 0. The molecule has 3 amide bonds. The lowest BCUT2D eigenvalue weighted by Crippen LogP contribution is -2.46. The first-order valence-corrected chi connectivity index (χ1v) is 7.83. The molecule has 1 unspecified atom stereocenters. The number of aryl methyl sites for hydroxylation is 1. The third-order valence-corrected chi connectivity index (χ3v) is 3.57. The van der Waals surface area contributed by atoms with Crippen molar-refractivity contribution in [2.24, 2.45) is 0 Å². The van der Waals surface area contributed by atoms with Gasteiger partial charge in [0.2, 0.25) is 12.3 Å². The Morgan fingerprint density at radius 2 is 2.09 bits per heavy atom.